The van der Waals surface area contributed by atoms with E-state index in [2.05, 4.69) is 24.3 Å². The van der Waals surface area contributed by atoms with Crippen LogP contribution < -0.4 is 5.32 Å². The minimum Gasteiger partial charge on any atom is -0.360 e. The summed E-state index contributed by atoms with van der Waals surface area (Å²) in [4.78, 5) is 12.8. The Bertz CT molecular complexity index is 887. The first kappa shape index (κ1) is 18.6. The van der Waals surface area contributed by atoms with Gasteiger partial charge in [0.25, 0.3) is 0 Å². The van der Waals surface area contributed by atoms with Gasteiger partial charge in [0.15, 0.2) is 5.82 Å². The van der Waals surface area contributed by atoms with Crippen molar-refractivity contribution in [3.63, 3.8) is 0 Å². The largest absolute Gasteiger partial charge is 0.360 e. The third kappa shape index (κ3) is 3.66. The molecule has 1 unspecified atom stereocenters. The minimum absolute atomic E-state index is 0.207. The molecule has 1 saturated heterocycles. The van der Waals surface area contributed by atoms with Gasteiger partial charge >= 0.3 is 0 Å². The van der Waals surface area contributed by atoms with E-state index < -0.39 is 22.0 Å². The number of hydrogen-bond donors (Lipinski definition) is 1. The summed E-state index contributed by atoms with van der Waals surface area (Å²) in [5.74, 6) is 0.792. The third-order valence-corrected chi connectivity index (χ3v) is 6.46. The van der Waals surface area contributed by atoms with Crippen molar-refractivity contribution in [2.24, 2.45) is 0 Å². The fourth-order valence-electron chi connectivity index (χ4n) is 3.08. The van der Waals surface area contributed by atoms with Crippen LogP contribution in [0.1, 0.15) is 43.9 Å². The van der Waals surface area contributed by atoms with E-state index in [1.54, 1.807) is 25.1 Å². The summed E-state index contributed by atoms with van der Waals surface area (Å²) in [5.41, 5.74) is 1.07. The van der Waals surface area contributed by atoms with Gasteiger partial charge in [-0.15, -0.1) is 0 Å². The van der Waals surface area contributed by atoms with Gasteiger partial charge in [-0.05, 0) is 43.4 Å². The highest BCUT2D eigenvalue weighted by Gasteiger charge is 2.39. The molecular weight excluding hydrogens is 354 g/mol. The first-order valence-electron chi connectivity index (χ1n) is 8.65. The van der Waals surface area contributed by atoms with Crippen LogP contribution >= 0.6 is 0 Å². The molecule has 0 bridgehead atoms. The molecule has 1 aliphatic rings. The molecule has 0 aliphatic carbocycles. The normalized spacial score (nSPS) is 18.4. The molecule has 1 aromatic carbocycles. The lowest BCUT2D eigenvalue weighted by atomic mass is 10.0. The van der Waals surface area contributed by atoms with Crippen molar-refractivity contribution in [2.45, 2.75) is 50.5 Å². The molecular formula is C18H23N3O4S. The zero-order valence-corrected chi connectivity index (χ0v) is 15.9. The second kappa shape index (κ2) is 7.20. The van der Waals surface area contributed by atoms with Gasteiger partial charge in [0.2, 0.25) is 15.9 Å². The molecule has 140 valence electrons. The number of sulfonamides is 1. The van der Waals surface area contributed by atoms with Gasteiger partial charge in [-0.3, -0.25) is 4.79 Å². The first-order valence-corrected chi connectivity index (χ1v) is 10.1. The Morgan fingerprint density at radius 2 is 2.00 bits per heavy atom. The van der Waals surface area contributed by atoms with Crippen LogP contribution in [-0.4, -0.2) is 36.4 Å². The molecule has 1 aliphatic heterocycles. The van der Waals surface area contributed by atoms with Crippen LogP contribution in [-0.2, 0) is 14.8 Å². The predicted octanol–water partition coefficient (Wildman–Crippen LogP) is 2.90. The van der Waals surface area contributed by atoms with Gasteiger partial charge in [-0.1, -0.05) is 31.1 Å². The molecule has 2 heterocycles. The van der Waals surface area contributed by atoms with E-state index in [0.717, 1.165) is 5.56 Å². The maximum Gasteiger partial charge on any atom is 0.244 e. The molecule has 8 heteroatoms. The maximum absolute atomic E-state index is 13.0. The number of aromatic nitrogens is 1. The number of carbonyl (C=O) groups excluding carboxylic acids is 1. The molecule has 2 aromatic rings. The Labute approximate surface area is 153 Å². The monoisotopic (exact) mass is 377 g/mol. The lowest BCUT2D eigenvalue weighted by Crippen LogP contribution is -2.43. The van der Waals surface area contributed by atoms with Crippen molar-refractivity contribution in [3.8, 4) is 0 Å². The molecule has 1 atom stereocenters. The van der Waals surface area contributed by atoms with Crippen molar-refractivity contribution < 1.29 is 17.7 Å². The van der Waals surface area contributed by atoms with Crippen LogP contribution in [0.25, 0.3) is 0 Å². The molecule has 0 radical (unpaired) electrons. The second-order valence-corrected chi connectivity index (χ2v) is 8.70. The van der Waals surface area contributed by atoms with Gasteiger partial charge in [0.1, 0.15) is 11.8 Å². The molecule has 0 spiro atoms. The van der Waals surface area contributed by atoms with Gasteiger partial charge in [-0.2, -0.15) is 4.31 Å². The summed E-state index contributed by atoms with van der Waals surface area (Å²) < 4.78 is 32.2. The lowest BCUT2D eigenvalue weighted by Gasteiger charge is -2.23. The standard InChI is InChI=1S/C18H23N3O4S/c1-12(2)14-6-8-15(9-7-14)26(23,24)21-10-4-5-16(21)18(22)19-17-11-13(3)25-20-17/h6-9,11-12,16H,4-5,10H2,1-3H3,(H,19,20,22). The van der Waals surface area contributed by atoms with Crippen LogP contribution in [0.5, 0.6) is 0 Å². The van der Waals surface area contributed by atoms with E-state index >= 15 is 0 Å². The number of rotatable bonds is 5. The van der Waals surface area contributed by atoms with E-state index in [4.69, 9.17) is 4.52 Å². The highest BCUT2D eigenvalue weighted by molar-refractivity contribution is 7.89. The van der Waals surface area contributed by atoms with Crippen molar-refractivity contribution in [2.75, 3.05) is 11.9 Å². The van der Waals surface area contributed by atoms with Crippen molar-refractivity contribution in [1.29, 1.82) is 0 Å². The zero-order chi connectivity index (χ0) is 18.9. The van der Waals surface area contributed by atoms with Crippen molar-refractivity contribution in [1.82, 2.24) is 9.46 Å². The quantitative estimate of drug-likeness (QED) is 0.865. The van der Waals surface area contributed by atoms with Crippen LogP contribution in [0.4, 0.5) is 5.82 Å². The number of hydrogen-bond acceptors (Lipinski definition) is 5. The average Bonchev–Trinajstić information content (AvgIpc) is 3.24. The van der Waals surface area contributed by atoms with Gasteiger partial charge < -0.3 is 9.84 Å². The number of benzene rings is 1. The minimum atomic E-state index is -3.73. The Balaban J connectivity index is 1.80. The third-order valence-electron chi connectivity index (χ3n) is 4.54. The predicted molar refractivity (Wildman–Crippen MR) is 97.3 cm³/mol. The molecule has 1 amide bonds. The summed E-state index contributed by atoms with van der Waals surface area (Å²) in [6, 6.07) is 7.71. The Morgan fingerprint density at radius 1 is 1.31 bits per heavy atom. The fourth-order valence-corrected chi connectivity index (χ4v) is 4.74. The molecule has 1 N–H and O–H groups in total. The lowest BCUT2D eigenvalue weighted by molar-refractivity contribution is -0.119. The summed E-state index contributed by atoms with van der Waals surface area (Å²) in [5, 5.41) is 6.36. The molecule has 1 fully saturated rings. The van der Waals surface area contributed by atoms with E-state index in [-0.39, 0.29) is 10.7 Å². The molecule has 3 rings (SSSR count). The number of amides is 1. The van der Waals surface area contributed by atoms with Crippen molar-refractivity contribution in [3.05, 3.63) is 41.7 Å². The summed E-state index contributed by atoms with van der Waals surface area (Å²) in [6.45, 7) is 6.14. The second-order valence-electron chi connectivity index (χ2n) is 6.81. The Hall–Kier alpha value is -2.19. The van der Waals surface area contributed by atoms with Crippen LogP contribution in [0, 0.1) is 6.92 Å². The van der Waals surface area contributed by atoms with Crippen molar-refractivity contribution >= 4 is 21.7 Å². The SMILES string of the molecule is Cc1cc(NC(=O)C2CCCN2S(=O)(=O)c2ccc(C(C)C)cc2)no1. The van der Waals surface area contributed by atoms with E-state index in [0.29, 0.717) is 31.1 Å². The van der Waals surface area contributed by atoms with Crippen LogP contribution in [0.2, 0.25) is 0 Å². The van der Waals surface area contributed by atoms with Crippen LogP contribution in [0.15, 0.2) is 39.8 Å². The zero-order valence-electron chi connectivity index (χ0n) is 15.1. The summed E-state index contributed by atoms with van der Waals surface area (Å²) in [7, 11) is -3.73. The Morgan fingerprint density at radius 3 is 2.58 bits per heavy atom. The molecule has 1 aromatic heterocycles. The van der Waals surface area contributed by atoms with E-state index in [1.165, 1.54) is 4.31 Å². The summed E-state index contributed by atoms with van der Waals surface area (Å²) in [6.07, 6.45) is 1.12. The average molecular weight is 377 g/mol. The summed E-state index contributed by atoms with van der Waals surface area (Å²) >= 11 is 0. The Kier molecular flexibility index (Phi) is 5.15. The van der Waals surface area contributed by atoms with E-state index in [9.17, 15) is 13.2 Å². The highest BCUT2D eigenvalue weighted by atomic mass is 32.2. The molecule has 0 saturated carbocycles. The van der Waals surface area contributed by atoms with Gasteiger partial charge in [0.05, 0.1) is 4.90 Å². The first-order chi connectivity index (χ1) is 12.3. The number of anilines is 1. The van der Waals surface area contributed by atoms with Crippen LogP contribution in [0.3, 0.4) is 0 Å². The molecule has 7 nitrogen and oxygen atoms in total. The topological polar surface area (TPSA) is 92.5 Å². The highest BCUT2D eigenvalue weighted by Crippen LogP contribution is 2.28. The van der Waals surface area contributed by atoms with Gasteiger partial charge in [0, 0.05) is 12.6 Å². The fraction of sp³-hybridized carbons (Fsp3) is 0.444. The molecule has 26 heavy (non-hydrogen) atoms. The number of carbonyl (C=O) groups is 1. The van der Waals surface area contributed by atoms with Gasteiger partial charge in [-0.25, -0.2) is 8.42 Å². The number of nitrogens with zero attached hydrogens (tertiary/aromatic N) is 2. The maximum atomic E-state index is 13.0. The van der Waals surface area contributed by atoms with E-state index in [1.807, 2.05) is 12.1 Å². The smallest absolute Gasteiger partial charge is 0.244 e. The number of nitrogens with one attached hydrogen (secondary N) is 1. The number of aryl methyl sites for hydroxylation is 1.